The van der Waals surface area contributed by atoms with Crippen LogP contribution in [0.4, 0.5) is 5.69 Å². The van der Waals surface area contributed by atoms with Crippen LogP contribution >= 0.6 is 0 Å². The van der Waals surface area contributed by atoms with Crippen LogP contribution < -0.4 is 13.9 Å². The van der Waals surface area contributed by atoms with Crippen LogP contribution in [0.2, 0.25) is 0 Å². The quantitative estimate of drug-likeness (QED) is 0.140. The van der Waals surface area contributed by atoms with Gasteiger partial charge in [0.2, 0.25) is 10.4 Å². The number of benzene rings is 2. The van der Waals surface area contributed by atoms with E-state index in [-0.39, 0.29) is 42.3 Å². The van der Waals surface area contributed by atoms with Crippen LogP contribution in [0, 0.1) is 0 Å². The van der Waals surface area contributed by atoms with Gasteiger partial charge in [-0.2, -0.15) is 0 Å². The fourth-order valence-electron chi connectivity index (χ4n) is 3.44. The molecule has 0 fully saturated rings. The molecule has 1 aliphatic rings. The summed E-state index contributed by atoms with van der Waals surface area (Å²) in [6.07, 6.45) is 6.34. The van der Waals surface area contributed by atoms with Crippen molar-refractivity contribution in [3.8, 4) is 0 Å². The third kappa shape index (κ3) is 8.14. The fourth-order valence-corrected chi connectivity index (χ4v) is 8.06. The van der Waals surface area contributed by atoms with Gasteiger partial charge >= 0.3 is 192 Å². The molecule has 13 heteroatoms. The van der Waals surface area contributed by atoms with Crippen LogP contribution in [-0.2, 0) is 26.5 Å². The Kier molecular flexibility index (Phi) is 9.63. The fraction of sp³-hybridized carbons (Fsp3) is 0.174. The number of hydrogen-bond donors (Lipinski definition) is 3. The topological polar surface area (TPSA) is 159 Å². The summed E-state index contributed by atoms with van der Waals surface area (Å²) < 4.78 is 39.7. The number of rotatable bonds is 8. The molecule has 36 heavy (non-hydrogen) atoms. The molecule has 0 amide bonds. The van der Waals surface area contributed by atoms with E-state index >= 15 is 0 Å². The Bertz CT molecular complexity index is 1420. The minimum atomic E-state index is -4.92. The molecule has 0 aliphatic carbocycles. The molecule has 0 unspecified atom stereocenters. The Morgan fingerprint density at radius 2 is 1.67 bits per heavy atom. The maximum Gasteiger partial charge on any atom is 0.215 e. The molecule has 0 radical (unpaired) electrons. The summed E-state index contributed by atoms with van der Waals surface area (Å²) in [5, 5.41) is 18.3. The smallest absolute Gasteiger partial charge is 0.215 e. The SMILES string of the molecule is O=C(O)CCN1/C(=C\C=C\c2[se]c3ccccc3[n+]2CCC(=O)O)[Se]c2ccccc21.O=S(=O)([O-])O. The van der Waals surface area contributed by atoms with Crippen molar-refractivity contribution in [1.29, 1.82) is 0 Å². The molecule has 10 nitrogen and oxygen atoms in total. The van der Waals surface area contributed by atoms with Crippen LogP contribution in [-0.4, -0.2) is 75.7 Å². The Morgan fingerprint density at radius 3 is 2.36 bits per heavy atom. The number of fused-ring (bicyclic) bond motifs is 2. The van der Waals surface area contributed by atoms with E-state index in [0.717, 1.165) is 20.4 Å². The molecular formula is C23H22N2O8SSe2. The Hall–Kier alpha value is -2.76. The third-order valence-corrected chi connectivity index (χ3v) is 9.59. The van der Waals surface area contributed by atoms with Gasteiger partial charge in [0, 0.05) is 0 Å². The first-order chi connectivity index (χ1) is 17.0. The molecule has 190 valence electrons. The normalized spacial score (nSPS) is 14.2. The van der Waals surface area contributed by atoms with E-state index in [0.29, 0.717) is 13.1 Å². The molecule has 1 aromatic heterocycles. The second kappa shape index (κ2) is 12.5. The molecule has 3 aromatic rings. The minimum Gasteiger partial charge on any atom is -0.726 e. The van der Waals surface area contributed by atoms with Crippen LogP contribution in [0.25, 0.3) is 15.9 Å². The van der Waals surface area contributed by atoms with Crippen molar-refractivity contribution >= 4 is 77.8 Å². The standard InChI is InChI=1S/C23H20N2O4Se2.H2O4S/c26-22(27)12-14-24-16-6-1-3-8-18(16)30-20(24)10-5-11-21-25(15-13-23(28)29)17-7-2-4-9-19(17)31-21;1-5(2,3)4/h1-11H,12-15H2,(H-,26,27,28,29);(H2,1,2,3,4). The second-order valence-corrected chi connectivity index (χ2v) is 12.7. The van der Waals surface area contributed by atoms with E-state index in [9.17, 15) is 9.59 Å². The van der Waals surface area contributed by atoms with Crippen molar-refractivity contribution in [2.24, 2.45) is 0 Å². The van der Waals surface area contributed by atoms with Gasteiger partial charge in [0.15, 0.2) is 0 Å². The zero-order chi connectivity index (χ0) is 26.3. The van der Waals surface area contributed by atoms with Crippen LogP contribution in [0.5, 0.6) is 0 Å². The van der Waals surface area contributed by atoms with Crippen molar-refractivity contribution in [1.82, 2.24) is 0 Å². The zero-order valence-electron chi connectivity index (χ0n) is 18.7. The van der Waals surface area contributed by atoms with Gasteiger partial charge < -0.3 is 4.55 Å². The molecule has 4 rings (SSSR count). The number of nitrogens with zero attached hydrogens (tertiary/aromatic N) is 2. The summed E-state index contributed by atoms with van der Waals surface area (Å²) in [5.74, 6) is -1.61. The molecule has 0 saturated carbocycles. The van der Waals surface area contributed by atoms with Crippen molar-refractivity contribution in [3.05, 3.63) is 69.8 Å². The Balaban J connectivity index is 0.000000658. The van der Waals surface area contributed by atoms with Gasteiger partial charge in [0.25, 0.3) is 0 Å². The molecule has 2 heterocycles. The molecular weight excluding hydrogens is 622 g/mol. The van der Waals surface area contributed by atoms with E-state index < -0.39 is 22.3 Å². The first-order valence-corrected chi connectivity index (χ1v) is 15.3. The van der Waals surface area contributed by atoms with E-state index in [2.05, 4.69) is 33.8 Å². The van der Waals surface area contributed by atoms with E-state index in [1.807, 2.05) is 42.5 Å². The first-order valence-electron chi connectivity index (χ1n) is 10.5. The number of aryl methyl sites for hydroxylation is 1. The predicted octanol–water partition coefficient (Wildman–Crippen LogP) is 0.843. The van der Waals surface area contributed by atoms with Crippen LogP contribution in [0.15, 0.2) is 65.3 Å². The zero-order valence-corrected chi connectivity index (χ0v) is 22.9. The van der Waals surface area contributed by atoms with Gasteiger partial charge in [-0.05, 0) is 0 Å². The number of anilines is 1. The third-order valence-electron chi connectivity index (χ3n) is 4.85. The number of carboxylic acids is 2. The summed E-state index contributed by atoms with van der Waals surface area (Å²) in [4.78, 5) is 24.3. The molecule has 2 aromatic carbocycles. The maximum absolute atomic E-state index is 11.1. The predicted molar refractivity (Wildman–Crippen MR) is 134 cm³/mol. The van der Waals surface area contributed by atoms with Gasteiger partial charge in [-0.1, -0.05) is 0 Å². The number of para-hydroxylation sites is 2. The van der Waals surface area contributed by atoms with Crippen molar-refractivity contribution < 1.29 is 41.9 Å². The van der Waals surface area contributed by atoms with Crippen molar-refractivity contribution in [2.45, 2.75) is 19.4 Å². The summed E-state index contributed by atoms with van der Waals surface area (Å²) in [7, 11) is -4.92. The van der Waals surface area contributed by atoms with Gasteiger partial charge in [-0.3, -0.25) is 4.55 Å². The monoisotopic (exact) mass is 646 g/mol. The van der Waals surface area contributed by atoms with E-state index in [4.69, 9.17) is 27.7 Å². The molecule has 0 saturated heterocycles. The van der Waals surface area contributed by atoms with Gasteiger partial charge in [0.1, 0.15) is 0 Å². The summed E-state index contributed by atoms with van der Waals surface area (Å²) >= 11 is 0.244. The first kappa shape index (κ1) is 27.8. The molecule has 0 bridgehead atoms. The van der Waals surface area contributed by atoms with Crippen LogP contribution in [0.3, 0.4) is 0 Å². The Labute approximate surface area is 219 Å². The van der Waals surface area contributed by atoms with Gasteiger partial charge in [0.05, 0.1) is 0 Å². The van der Waals surface area contributed by atoms with Crippen molar-refractivity contribution in [3.63, 3.8) is 0 Å². The summed E-state index contributed by atoms with van der Waals surface area (Å²) in [6.45, 7) is 0.898. The molecule has 0 spiro atoms. The molecule has 1 aliphatic heterocycles. The second-order valence-electron chi connectivity index (χ2n) is 7.36. The van der Waals surface area contributed by atoms with Crippen molar-refractivity contribution in [2.75, 3.05) is 11.4 Å². The Morgan fingerprint density at radius 1 is 1.03 bits per heavy atom. The minimum absolute atomic E-state index is 0.0875. The largest absolute Gasteiger partial charge is 0.726 e. The average Bonchev–Trinajstić information content (AvgIpc) is 3.32. The number of aromatic nitrogens is 1. The van der Waals surface area contributed by atoms with E-state index in [1.165, 1.54) is 8.72 Å². The molecule has 0 atom stereocenters. The van der Waals surface area contributed by atoms with Gasteiger partial charge in [-0.15, -0.1) is 0 Å². The van der Waals surface area contributed by atoms with Gasteiger partial charge in [-0.25, -0.2) is 8.42 Å². The van der Waals surface area contributed by atoms with E-state index in [1.54, 1.807) is 0 Å². The number of carboxylic acid groups (broad SMARTS) is 2. The number of carbonyl (C=O) groups is 2. The van der Waals surface area contributed by atoms with Crippen LogP contribution in [0.1, 0.15) is 17.4 Å². The maximum atomic E-state index is 11.1. The average molecular weight is 644 g/mol. The summed E-state index contributed by atoms with van der Waals surface area (Å²) in [5.41, 5.74) is 2.19. The summed E-state index contributed by atoms with van der Waals surface area (Å²) in [6, 6.07) is 16.3. The number of aliphatic carboxylic acids is 2. The number of allylic oxidation sites excluding steroid dienone is 2. The molecule has 3 N–H and O–H groups in total. The number of hydrogen-bond acceptors (Lipinski definition) is 6.